The van der Waals surface area contributed by atoms with E-state index >= 15 is 0 Å². The monoisotopic (exact) mass is 249 g/mol. The molecule has 18 heavy (non-hydrogen) atoms. The molecular weight excluding hydrogens is 226 g/mol. The number of aliphatic hydroxyl groups excluding tert-OH is 1. The lowest BCUT2D eigenvalue weighted by Crippen LogP contribution is -2.34. The second-order valence-corrected chi connectivity index (χ2v) is 5.94. The Hall–Kier alpha value is -0.870. The van der Waals surface area contributed by atoms with E-state index in [2.05, 4.69) is 21.5 Å². The first-order chi connectivity index (χ1) is 8.72. The van der Waals surface area contributed by atoms with Crippen molar-refractivity contribution in [3.63, 3.8) is 0 Å². The fraction of sp³-hybridized carbons (Fsp3) is 0.786. The molecule has 0 spiro atoms. The van der Waals surface area contributed by atoms with Crippen molar-refractivity contribution in [3.05, 3.63) is 17.7 Å². The fourth-order valence-electron chi connectivity index (χ4n) is 3.35. The van der Waals surface area contributed by atoms with Crippen LogP contribution in [0.2, 0.25) is 0 Å². The quantitative estimate of drug-likeness (QED) is 0.852. The molecule has 1 aromatic heterocycles. The lowest BCUT2D eigenvalue weighted by Gasteiger charge is -2.30. The van der Waals surface area contributed by atoms with Crippen molar-refractivity contribution in [2.75, 3.05) is 20.1 Å². The van der Waals surface area contributed by atoms with Gasteiger partial charge in [-0.1, -0.05) is 0 Å². The second-order valence-electron chi connectivity index (χ2n) is 5.94. The van der Waals surface area contributed by atoms with Crippen LogP contribution in [0.15, 0.2) is 6.20 Å². The van der Waals surface area contributed by atoms with Crippen LogP contribution >= 0.6 is 0 Å². The zero-order valence-corrected chi connectivity index (χ0v) is 11.2. The van der Waals surface area contributed by atoms with Gasteiger partial charge in [0, 0.05) is 24.9 Å². The molecule has 2 aliphatic rings. The molecule has 100 valence electrons. The number of hydrogen-bond acceptors (Lipinski definition) is 3. The van der Waals surface area contributed by atoms with Crippen LogP contribution in [-0.2, 0) is 19.4 Å². The maximum absolute atomic E-state index is 9.79. The van der Waals surface area contributed by atoms with E-state index in [0.29, 0.717) is 0 Å². The first-order valence-electron chi connectivity index (χ1n) is 7.12. The van der Waals surface area contributed by atoms with E-state index in [4.69, 9.17) is 0 Å². The summed E-state index contributed by atoms with van der Waals surface area (Å²) in [6.45, 7) is 3.16. The maximum Gasteiger partial charge on any atom is 0.109 e. The highest BCUT2D eigenvalue weighted by molar-refractivity contribution is 5.09. The molecule has 1 fully saturated rings. The SMILES string of the molecule is CN1CCCC(Cc2ncc3n2CC(O)CC3)C1. The lowest BCUT2D eigenvalue weighted by atomic mass is 9.94. The van der Waals surface area contributed by atoms with Gasteiger partial charge in [0.05, 0.1) is 12.6 Å². The van der Waals surface area contributed by atoms with E-state index in [-0.39, 0.29) is 6.10 Å². The zero-order chi connectivity index (χ0) is 12.5. The van der Waals surface area contributed by atoms with Gasteiger partial charge >= 0.3 is 0 Å². The number of aliphatic hydroxyl groups is 1. The Morgan fingerprint density at radius 1 is 1.39 bits per heavy atom. The highest BCUT2D eigenvalue weighted by Crippen LogP contribution is 2.23. The Morgan fingerprint density at radius 2 is 2.28 bits per heavy atom. The molecule has 0 aliphatic carbocycles. The van der Waals surface area contributed by atoms with Gasteiger partial charge in [-0.05, 0) is 45.2 Å². The summed E-state index contributed by atoms with van der Waals surface area (Å²) in [5.74, 6) is 1.92. The van der Waals surface area contributed by atoms with Crippen molar-refractivity contribution in [2.45, 2.75) is 44.8 Å². The van der Waals surface area contributed by atoms with Crippen molar-refractivity contribution in [3.8, 4) is 0 Å². The number of fused-ring (bicyclic) bond motifs is 1. The van der Waals surface area contributed by atoms with Crippen LogP contribution in [0.3, 0.4) is 0 Å². The summed E-state index contributed by atoms with van der Waals surface area (Å²) in [4.78, 5) is 7.00. The Bertz CT molecular complexity index is 415. The van der Waals surface area contributed by atoms with Crippen LogP contribution in [0.5, 0.6) is 0 Å². The van der Waals surface area contributed by atoms with Gasteiger partial charge in [0.1, 0.15) is 5.82 Å². The van der Waals surface area contributed by atoms with E-state index in [1.165, 1.54) is 37.4 Å². The van der Waals surface area contributed by atoms with Crippen LogP contribution in [-0.4, -0.2) is 45.8 Å². The standard InChI is InChI=1S/C14H23N3O/c1-16-6-2-3-11(9-16)7-14-15-8-12-4-5-13(18)10-17(12)14/h8,11,13,18H,2-7,9-10H2,1H3. The number of nitrogens with zero attached hydrogens (tertiary/aromatic N) is 3. The number of aromatic nitrogens is 2. The number of imidazole rings is 1. The average molecular weight is 249 g/mol. The van der Waals surface area contributed by atoms with Gasteiger partial charge in [-0.3, -0.25) is 0 Å². The summed E-state index contributed by atoms with van der Waals surface area (Å²) in [5, 5.41) is 9.79. The molecule has 2 atom stereocenters. The first-order valence-corrected chi connectivity index (χ1v) is 7.12. The van der Waals surface area contributed by atoms with Gasteiger partial charge in [-0.25, -0.2) is 4.98 Å². The van der Waals surface area contributed by atoms with Gasteiger partial charge in [0.2, 0.25) is 0 Å². The van der Waals surface area contributed by atoms with Crippen molar-refractivity contribution in [2.24, 2.45) is 5.92 Å². The molecule has 0 bridgehead atoms. The van der Waals surface area contributed by atoms with Gasteiger partial charge in [-0.2, -0.15) is 0 Å². The smallest absolute Gasteiger partial charge is 0.109 e. The van der Waals surface area contributed by atoms with Gasteiger partial charge in [0.15, 0.2) is 0 Å². The number of likely N-dealkylation sites (tertiary alicyclic amines) is 1. The van der Waals surface area contributed by atoms with Crippen LogP contribution in [0.25, 0.3) is 0 Å². The Morgan fingerprint density at radius 3 is 3.11 bits per heavy atom. The molecule has 0 saturated carbocycles. The van der Waals surface area contributed by atoms with Crippen molar-refractivity contribution in [1.82, 2.24) is 14.5 Å². The number of rotatable bonds is 2. The molecule has 1 aromatic rings. The minimum Gasteiger partial charge on any atom is -0.391 e. The molecule has 4 nitrogen and oxygen atoms in total. The lowest BCUT2D eigenvalue weighted by molar-refractivity contribution is 0.128. The highest BCUT2D eigenvalue weighted by atomic mass is 16.3. The predicted molar refractivity (Wildman–Crippen MR) is 70.5 cm³/mol. The van der Waals surface area contributed by atoms with E-state index in [0.717, 1.165) is 31.7 Å². The van der Waals surface area contributed by atoms with Crippen LogP contribution in [0, 0.1) is 5.92 Å². The Kier molecular flexibility index (Phi) is 3.39. The van der Waals surface area contributed by atoms with E-state index < -0.39 is 0 Å². The number of aryl methyl sites for hydroxylation is 1. The molecule has 1 N–H and O–H groups in total. The molecule has 3 rings (SSSR count). The molecule has 0 radical (unpaired) electrons. The van der Waals surface area contributed by atoms with Gasteiger partial charge in [-0.15, -0.1) is 0 Å². The van der Waals surface area contributed by atoms with E-state index in [1.807, 2.05) is 6.20 Å². The molecule has 4 heteroatoms. The van der Waals surface area contributed by atoms with E-state index in [1.54, 1.807) is 0 Å². The summed E-state index contributed by atoms with van der Waals surface area (Å²) < 4.78 is 2.25. The number of hydrogen-bond donors (Lipinski definition) is 1. The Labute approximate surface area is 109 Å². The van der Waals surface area contributed by atoms with Gasteiger partial charge in [0.25, 0.3) is 0 Å². The van der Waals surface area contributed by atoms with Crippen molar-refractivity contribution in [1.29, 1.82) is 0 Å². The summed E-state index contributed by atoms with van der Waals surface area (Å²) >= 11 is 0. The topological polar surface area (TPSA) is 41.3 Å². The van der Waals surface area contributed by atoms with Crippen molar-refractivity contribution >= 4 is 0 Å². The largest absolute Gasteiger partial charge is 0.391 e. The van der Waals surface area contributed by atoms with Crippen LogP contribution < -0.4 is 0 Å². The minimum atomic E-state index is -0.181. The minimum absolute atomic E-state index is 0.181. The summed E-state index contributed by atoms with van der Waals surface area (Å²) in [6, 6.07) is 0. The maximum atomic E-state index is 9.79. The third-order valence-corrected chi connectivity index (χ3v) is 4.34. The second kappa shape index (κ2) is 5.02. The third-order valence-electron chi connectivity index (χ3n) is 4.34. The molecule has 0 amide bonds. The summed E-state index contributed by atoms with van der Waals surface area (Å²) in [6.07, 6.45) is 7.37. The molecular formula is C14H23N3O. The van der Waals surface area contributed by atoms with Crippen molar-refractivity contribution < 1.29 is 5.11 Å². The average Bonchev–Trinajstić information content (AvgIpc) is 2.72. The normalized spacial score (nSPS) is 29.2. The van der Waals surface area contributed by atoms with Crippen LogP contribution in [0.4, 0.5) is 0 Å². The zero-order valence-electron chi connectivity index (χ0n) is 11.2. The molecule has 2 aliphatic heterocycles. The van der Waals surface area contributed by atoms with Crippen LogP contribution in [0.1, 0.15) is 30.8 Å². The summed E-state index contributed by atoms with van der Waals surface area (Å²) in [7, 11) is 2.21. The highest BCUT2D eigenvalue weighted by Gasteiger charge is 2.23. The Balaban J connectivity index is 1.71. The van der Waals surface area contributed by atoms with E-state index in [9.17, 15) is 5.11 Å². The fourth-order valence-corrected chi connectivity index (χ4v) is 3.35. The molecule has 0 aromatic carbocycles. The molecule has 1 saturated heterocycles. The molecule has 3 heterocycles. The van der Waals surface area contributed by atoms with Gasteiger partial charge < -0.3 is 14.6 Å². The first kappa shape index (κ1) is 12.2. The molecule has 2 unspecified atom stereocenters. The summed E-state index contributed by atoms with van der Waals surface area (Å²) in [5.41, 5.74) is 1.31. The third kappa shape index (κ3) is 2.45. The number of piperidine rings is 1. The predicted octanol–water partition coefficient (Wildman–Crippen LogP) is 1.07.